The van der Waals surface area contributed by atoms with E-state index in [0.717, 1.165) is 67.8 Å². The number of aromatic amines is 1. The van der Waals surface area contributed by atoms with E-state index in [-0.39, 0.29) is 5.56 Å². The number of H-pyrrole nitrogens is 1. The second-order valence-electron chi connectivity index (χ2n) is 7.38. The Balaban J connectivity index is 1.30. The van der Waals surface area contributed by atoms with Crippen LogP contribution >= 0.6 is 11.3 Å². The first-order valence-electron chi connectivity index (χ1n) is 9.93. The number of thiazole rings is 1. The van der Waals surface area contributed by atoms with Gasteiger partial charge in [0.2, 0.25) is 0 Å². The van der Waals surface area contributed by atoms with E-state index in [2.05, 4.69) is 19.8 Å². The van der Waals surface area contributed by atoms with Crippen LogP contribution in [0.2, 0.25) is 0 Å². The Labute approximate surface area is 173 Å². The summed E-state index contributed by atoms with van der Waals surface area (Å²) < 4.78 is 5.42. The largest absolute Gasteiger partial charge is 0.378 e. The summed E-state index contributed by atoms with van der Waals surface area (Å²) in [6.07, 6.45) is 2.75. The Bertz CT molecular complexity index is 1040. The zero-order chi connectivity index (χ0) is 19.6. The molecule has 0 aliphatic carbocycles. The zero-order valence-electron chi connectivity index (χ0n) is 16.1. The van der Waals surface area contributed by atoms with Crippen LogP contribution in [0.25, 0.3) is 11.4 Å². The lowest BCUT2D eigenvalue weighted by atomic mass is 10.1. The average molecular weight is 410 g/mol. The maximum atomic E-state index is 12.7. The van der Waals surface area contributed by atoms with Crippen LogP contribution in [0.1, 0.15) is 16.1 Å². The molecular formula is C21H23N5O2S. The van der Waals surface area contributed by atoms with Crippen molar-refractivity contribution in [3.05, 3.63) is 63.0 Å². The van der Waals surface area contributed by atoms with Crippen LogP contribution in [-0.4, -0.2) is 52.7 Å². The van der Waals surface area contributed by atoms with Crippen molar-refractivity contribution in [1.29, 1.82) is 0 Å². The van der Waals surface area contributed by atoms with Gasteiger partial charge in [0, 0.05) is 55.8 Å². The molecular weight excluding hydrogens is 386 g/mol. The van der Waals surface area contributed by atoms with Gasteiger partial charge >= 0.3 is 0 Å². The average Bonchev–Trinajstić information content (AvgIpc) is 3.24. The fourth-order valence-corrected chi connectivity index (χ4v) is 4.84. The van der Waals surface area contributed by atoms with Crippen molar-refractivity contribution in [2.24, 2.45) is 0 Å². The number of hydrogen-bond donors (Lipinski definition) is 1. The molecule has 0 radical (unpaired) electrons. The smallest absolute Gasteiger partial charge is 0.255 e. The van der Waals surface area contributed by atoms with Crippen LogP contribution in [0.3, 0.4) is 0 Å². The lowest BCUT2D eigenvalue weighted by molar-refractivity contribution is 0.122. The molecule has 0 amide bonds. The Morgan fingerprint density at radius 3 is 2.79 bits per heavy atom. The fraction of sp³-hybridized carbons (Fsp3) is 0.381. The number of hydrogen-bond acceptors (Lipinski definition) is 7. The van der Waals surface area contributed by atoms with E-state index < -0.39 is 0 Å². The van der Waals surface area contributed by atoms with Gasteiger partial charge < -0.3 is 14.6 Å². The van der Waals surface area contributed by atoms with Crippen LogP contribution < -0.4 is 10.5 Å². The van der Waals surface area contributed by atoms with Gasteiger partial charge in [-0.15, -0.1) is 11.3 Å². The van der Waals surface area contributed by atoms with Crippen LogP contribution in [0.4, 0.5) is 5.13 Å². The molecule has 2 aliphatic rings. The van der Waals surface area contributed by atoms with Crippen molar-refractivity contribution in [1.82, 2.24) is 19.9 Å². The highest BCUT2D eigenvalue weighted by Crippen LogP contribution is 2.26. The molecule has 1 saturated heterocycles. The minimum Gasteiger partial charge on any atom is -0.378 e. The molecule has 1 aromatic carbocycles. The van der Waals surface area contributed by atoms with Crippen molar-refractivity contribution >= 4 is 16.5 Å². The predicted octanol–water partition coefficient (Wildman–Crippen LogP) is 2.29. The van der Waals surface area contributed by atoms with Gasteiger partial charge in [-0.25, -0.2) is 9.97 Å². The van der Waals surface area contributed by atoms with Crippen molar-refractivity contribution in [2.45, 2.75) is 19.5 Å². The fourth-order valence-electron chi connectivity index (χ4n) is 3.84. The molecule has 5 rings (SSSR count). The summed E-state index contributed by atoms with van der Waals surface area (Å²) in [5, 5.41) is 1.06. The molecule has 1 N–H and O–H groups in total. The summed E-state index contributed by atoms with van der Waals surface area (Å²) in [5.41, 5.74) is 2.61. The molecule has 2 aliphatic heterocycles. The number of nitrogens with zero attached hydrogens (tertiary/aromatic N) is 4. The Kier molecular flexibility index (Phi) is 5.13. The minimum absolute atomic E-state index is 0.0307. The second kappa shape index (κ2) is 8.06. The molecule has 1 fully saturated rings. The van der Waals surface area contributed by atoms with Crippen LogP contribution in [0.15, 0.2) is 41.3 Å². The lowest BCUT2D eigenvalue weighted by Gasteiger charge is -2.27. The van der Waals surface area contributed by atoms with Crippen LogP contribution in [0, 0.1) is 0 Å². The van der Waals surface area contributed by atoms with Crippen molar-refractivity contribution in [3.8, 4) is 11.4 Å². The quantitative estimate of drug-likeness (QED) is 0.713. The molecule has 0 atom stereocenters. The number of anilines is 1. The van der Waals surface area contributed by atoms with Crippen molar-refractivity contribution in [2.75, 3.05) is 37.7 Å². The molecule has 29 heavy (non-hydrogen) atoms. The Morgan fingerprint density at radius 1 is 1.14 bits per heavy atom. The van der Waals surface area contributed by atoms with Gasteiger partial charge in [-0.3, -0.25) is 9.69 Å². The predicted molar refractivity (Wildman–Crippen MR) is 113 cm³/mol. The van der Waals surface area contributed by atoms with Crippen molar-refractivity contribution < 1.29 is 4.74 Å². The summed E-state index contributed by atoms with van der Waals surface area (Å²) in [7, 11) is 0. The summed E-state index contributed by atoms with van der Waals surface area (Å²) in [4.78, 5) is 30.8. The molecule has 0 bridgehead atoms. The van der Waals surface area contributed by atoms with Gasteiger partial charge in [0.1, 0.15) is 5.82 Å². The first-order chi connectivity index (χ1) is 14.3. The number of benzene rings is 1. The number of morpholine rings is 1. The van der Waals surface area contributed by atoms with Crippen molar-refractivity contribution in [3.63, 3.8) is 0 Å². The van der Waals surface area contributed by atoms with E-state index in [1.807, 2.05) is 36.5 Å². The van der Waals surface area contributed by atoms with Crippen LogP contribution in [-0.2, 0) is 24.2 Å². The zero-order valence-corrected chi connectivity index (χ0v) is 17.0. The second-order valence-corrected chi connectivity index (χ2v) is 8.47. The summed E-state index contributed by atoms with van der Waals surface area (Å²) in [6, 6.07) is 9.81. The van der Waals surface area contributed by atoms with E-state index in [0.29, 0.717) is 12.4 Å². The molecule has 2 aromatic heterocycles. The Morgan fingerprint density at radius 2 is 1.97 bits per heavy atom. The maximum Gasteiger partial charge on any atom is 0.255 e. The number of rotatable bonds is 4. The first kappa shape index (κ1) is 18.5. The van der Waals surface area contributed by atoms with Gasteiger partial charge in [0.05, 0.1) is 24.5 Å². The van der Waals surface area contributed by atoms with E-state index in [1.165, 1.54) is 4.88 Å². The lowest BCUT2D eigenvalue weighted by Crippen LogP contribution is -2.36. The van der Waals surface area contributed by atoms with E-state index in [1.54, 1.807) is 11.3 Å². The number of nitrogens with one attached hydrogen (secondary N) is 1. The Hall–Kier alpha value is -2.55. The van der Waals surface area contributed by atoms with Gasteiger partial charge in [-0.1, -0.05) is 30.3 Å². The highest BCUT2D eigenvalue weighted by atomic mass is 32.1. The number of ether oxygens (including phenoxy) is 1. The molecule has 150 valence electrons. The number of aromatic nitrogens is 3. The van der Waals surface area contributed by atoms with E-state index in [4.69, 9.17) is 9.72 Å². The van der Waals surface area contributed by atoms with E-state index in [9.17, 15) is 4.79 Å². The third-order valence-corrected chi connectivity index (χ3v) is 6.44. The van der Waals surface area contributed by atoms with Gasteiger partial charge in [-0.2, -0.15) is 0 Å². The SMILES string of the molecule is O=c1[nH]c(-c2ccccc2)nc2c1CN(Cc1cnc(N3CCOCC3)s1)CC2. The normalized spacial score (nSPS) is 17.3. The summed E-state index contributed by atoms with van der Waals surface area (Å²) >= 11 is 1.73. The highest BCUT2D eigenvalue weighted by Gasteiger charge is 2.23. The summed E-state index contributed by atoms with van der Waals surface area (Å²) in [5.74, 6) is 0.653. The third-order valence-electron chi connectivity index (χ3n) is 5.40. The monoisotopic (exact) mass is 409 g/mol. The van der Waals surface area contributed by atoms with Gasteiger partial charge in [0.15, 0.2) is 5.13 Å². The molecule has 4 heterocycles. The van der Waals surface area contributed by atoms with Crippen LogP contribution in [0.5, 0.6) is 0 Å². The van der Waals surface area contributed by atoms with E-state index >= 15 is 0 Å². The first-order valence-corrected chi connectivity index (χ1v) is 10.8. The molecule has 8 heteroatoms. The minimum atomic E-state index is -0.0307. The molecule has 0 unspecified atom stereocenters. The standard InChI is InChI=1S/C21H23N5O2S/c27-20-17-14-25(13-16-12-22-21(29-16)26-8-10-28-11-9-26)7-6-18(17)23-19(24-20)15-4-2-1-3-5-15/h1-5,12H,6-11,13-14H2,(H,23,24,27). The third kappa shape index (κ3) is 3.96. The molecule has 0 saturated carbocycles. The number of fused-ring (bicyclic) bond motifs is 1. The van der Waals surface area contributed by atoms with Gasteiger partial charge in [0.25, 0.3) is 5.56 Å². The molecule has 3 aromatic rings. The molecule has 7 nitrogen and oxygen atoms in total. The topological polar surface area (TPSA) is 74.4 Å². The maximum absolute atomic E-state index is 12.7. The highest BCUT2D eigenvalue weighted by molar-refractivity contribution is 7.15. The molecule has 0 spiro atoms. The van der Waals surface area contributed by atoms with Gasteiger partial charge in [-0.05, 0) is 0 Å². The summed E-state index contributed by atoms with van der Waals surface area (Å²) in [6.45, 7) is 5.64.